The van der Waals surface area contributed by atoms with Crippen molar-refractivity contribution in [3.05, 3.63) is 66.1 Å². The van der Waals surface area contributed by atoms with Gasteiger partial charge in [-0.15, -0.1) is 0 Å². The number of hydrogen-bond acceptors (Lipinski definition) is 5. The average Bonchev–Trinajstić information content (AvgIpc) is 3.22. The van der Waals surface area contributed by atoms with Crippen molar-refractivity contribution < 1.29 is 9.32 Å². The number of rotatable bonds is 5. The lowest BCUT2D eigenvalue weighted by Gasteiger charge is -2.36. The molecule has 0 atom stereocenters. The molecular weight excluding hydrogens is 352 g/mol. The summed E-state index contributed by atoms with van der Waals surface area (Å²) in [5.74, 6) is 1.22. The lowest BCUT2D eigenvalue weighted by Crippen LogP contribution is -2.48. The van der Waals surface area contributed by atoms with Gasteiger partial charge in [-0.1, -0.05) is 47.1 Å². The van der Waals surface area contributed by atoms with Gasteiger partial charge in [0.2, 0.25) is 17.6 Å². The Morgan fingerprint density at radius 3 is 2.57 bits per heavy atom. The van der Waals surface area contributed by atoms with E-state index in [4.69, 9.17) is 4.52 Å². The Bertz CT molecular complexity index is 930. The van der Waals surface area contributed by atoms with Crippen molar-refractivity contribution in [3.8, 4) is 11.4 Å². The summed E-state index contributed by atoms with van der Waals surface area (Å²) in [6, 6.07) is 18.3. The van der Waals surface area contributed by atoms with Crippen molar-refractivity contribution in [2.45, 2.75) is 19.8 Å². The number of amides is 1. The molecule has 6 nitrogen and oxygen atoms in total. The van der Waals surface area contributed by atoms with E-state index in [0.717, 1.165) is 37.3 Å². The van der Waals surface area contributed by atoms with Crippen LogP contribution in [-0.2, 0) is 11.2 Å². The van der Waals surface area contributed by atoms with Crippen LogP contribution in [0.5, 0.6) is 0 Å². The molecule has 0 unspecified atom stereocenters. The minimum absolute atomic E-state index is 0.142. The van der Waals surface area contributed by atoms with Crippen LogP contribution in [0.2, 0.25) is 0 Å². The highest BCUT2D eigenvalue weighted by atomic mass is 16.5. The van der Waals surface area contributed by atoms with Crippen molar-refractivity contribution in [3.63, 3.8) is 0 Å². The molecule has 0 aliphatic carbocycles. The molecule has 0 N–H and O–H groups in total. The van der Waals surface area contributed by atoms with Crippen LogP contribution in [0.3, 0.4) is 0 Å². The quantitative estimate of drug-likeness (QED) is 0.684. The molecule has 0 radical (unpaired) electrons. The van der Waals surface area contributed by atoms with E-state index in [1.165, 1.54) is 5.69 Å². The summed E-state index contributed by atoms with van der Waals surface area (Å²) in [7, 11) is 0. The van der Waals surface area contributed by atoms with Crippen LogP contribution >= 0.6 is 0 Å². The number of carbonyl (C=O) groups excluding carboxylic acids is 1. The summed E-state index contributed by atoms with van der Waals surface area (Å²) < 4.78 is 5.33. The fraction of sp³-hybridized carbons (Fsp3) is 0.318. The predicted octanol–water partition coefficient (Wildman–Crippen LogP) is 3.33. The zero-order valence-corrected chi connectivity index (χ0v) is 16.0. The number of para-hydroxylation sites is 1. The summed E-state index contributed by atoms with van der Waals surface area (Å²) in [5.41, 5.74) is 3.29. The topological polar surface area (TPSA) is 62.5 Å². The molecule has 3 aromatic rings. The molecular formula is C22H24N4O2. The molecule has 2 aromatic carbocycles. The van der Waals surface area contributed by atoms with Crippen molar-refractivity contribution in [1.82, 2.24) is 15.0 Å². The van der Waals surface area contributed by atoms with Crippen LogP contribution in [0.25, 0.3) is 11.4 Å². The fourth-order valence-corrected chi connectivity index (χ4v) is 3.48. The van der Waals surface area contributed by atoms with Gasteiger partial charge in [-0.2, -0.15) is 4.98 Å². The molecule has 1 aliphatic rings. The van der Waals surface area contributed by atoms with E-state index in [1.54, 1.807) is 0 Å². The number of hydrogen-bond donors (Lipinski definition) is 0. The van der Waals surface area contributed by atoms with Crippen molar-refractivity contribution in [2.75, 3.05) is 31.1 Å². The first kappa shape index (κ1) is 18.2. The number of aromatic nitrogens is 2. The maximum atomic E-state index is 12.6. The third-order valence-electron chi connectivity index (χ3n) is 5.05. The number of piperazine rings is 1. The zero-order chi connectivity index (χ0) is 19.3. The first-order valence-electron chi connectivity index (χ1n) is 9.66. The molecule has 6 heteroatoms. The van der Waals surface area contributed by atoms with Crippen LogP contribution < -0.4 is 4.90 Å². The Morgan fingerprint density at radius 2 is 1.82 bits per heavy atom. The van der Waals surface area contributed by atoms with Crippen molar-refractivity contribution >= 4 is 11.6 Å². The summed E-state index contributed by atoms with van der Waals surface area (Å²) >= 11 is 0. The van der Waals surface area contributed by atoms with E-state index in [-0.39, 0.29) is 5.91 Å². The monoisotopic (exact) mass is 376 g/mol. The molecule has 0 spiro atoms. The second-order valence-electron chi connectivity index (χ2n) is 7.08. The maximum Gasteiger partial charge on any atom is 0.227 e. The van der Waals surface area contributed by atoms with Gasteiger partial charge in [-0.3, -0.25) is 4.79 Å². The van der Waals surface area contributed by atoms with Gasteiger partial charge in [-0.25, -0.2) is 0 Å². The molecule has 1 amide bonds. The van der Waals surface area contributed by atoms with Crippen LogP contribution in [0.4, 0.5) is 5.69 Å². The van der Waals surface area contributed by atoms with E-state index in [0.29, 0.717) is 24.6 Å². The van der Waals surface area contributed by atoms with Gasteiger partial charge >= 0.3 is 0 Å². The minimum Gasteiger partial charge on any atom is -0.368 e. The Morgan fingerprint density at radius 1 is 1.04 bits per heavy atom. The van der Waals surface area contributed by atoms with E-state index in [2.05, 4.69) is 27.2 Å². The predicted molar refractivity (Wildman–Crippen MR) is 108 cm³/mol. The van der Waals surface area contributed by atoms with E-state index >= 15 is 0 Å². The normalized spacial score (nSPS) is 14.3. The lowest BCUT2D eigenvalue weighted by atomic mass is 10.1. The molecule has 1 aromatic heterocycles. The second-order valence-corrected chi connectivity index (χ2v) is 7.08. The summed E-state index contributed by atoms with van der Waals surface area (Å²) in [5, 5.41) is 4.04. The van der Waals surface area contributed by atoms with Crippen molar-refractivity contribution in [2.24, 2.45) is 0 Å². The van der Waals surface area contributed by atoms with Gasteiger partial charge in [0.15, 0.2) is 0 Å². The van der Waals surface area contributed by atoms with Crippen LogP contribution in [0.15, 0.2) is 59.1 Å². The fourth-order valence-electron chi connectivity index (χ4n) is 3.48. The highest BCUT2D eigenvalue weighted by molar-refractivity contribution is 5.76. The molecule has 144 valence electrons. The Hall–Kier alpha value is -3.15. The molecule has 0 saturated carbocycles. The molecule has 2 heterocycles. The third-order valence-corrected chi connectivity index (χ3v) is 5.05. The van der Waals surface area contributed by atoms with Gasteiger partial charge in [0.05, 0.1) is 0 Å². The summed E-state index contributed by atoms with van der Waals surface area (Å²) in [6.07, 6.45) is 0.858. The molecule has 1 saturated heterocycles. The Labute approximate surface area is 164 Å². The van der Waals surface area contributed by atoms with E-state index in [1.807, 2.05) is 54.3 Å². The summed E-state index contributed by atoms with van der Waals surface area (Å²) in [6.45, 7) is 5.22. The van der Waals surface area contributed by atoms with E-state index in [9.17, 15) is 4.79 Å². The summed E-state index contributed by atoms with van der Waals surface area (Å²) in [4.78, 5) is 21.2. The van der Waals surface area contributed by atoms with Crippen molar-refractivity contribution in [1.29, 1.82) is 0 Å². The highest BCUT2D eigenvalue weighted by Crippen LogP contribution is 2.18. The maximum absolute atomic E-state index is 12.6. The number of aryl methyl sites for hydroxylation is 2. The van der Waals surface area contributed by atoms with Gasteiger partial charge in [0.25, 0.3) is 0 Å². The standard InChI is InChI=1S/C22H24N4O2/c1-17-6-5-7-18(16-17)22-23-20(28-24-22)10-11-21(27)26-14-12-25(13-15-26)19-8-3-2-4-9-19/h2-9,16H,10-15H2,1H3. The largest absolute Gasteiger partial charge is 0.368 e. The highest BCUT2D eigenvalue weighted by Gasteiger charge is 2.21. The van der Waals surface area contributed by atoms with Gasteiger partial charge in [0.1, 0.15) is 0 Å². The zero-order valence-electron chi connectivity index (χ0n) is 16.0. The Kier molecular flexibility index (Phi) is 5.37. The van der Waals surface area contributed by atoms with Crippen LogP contribution in [0.1, 0.15) is 17.9 Å². The van der Waals surface area contributed by atoms with Crippen LogP contribution in [-0.4, -0.2) is 47.1 Å². The lowest BCUT2D eigenvalue weighted by molar-refractivity contribution is -0.131. The van der Waals surface area contributed by atoms with Gasteiger partial charge in [-0.05, 0) is 25.1 Å². The first-order chi connectivity index (χ1) is 13.7. The van der Waals surface area contributed by atoms with Gasteiger partial charge < -0.3 is 14.3 Å². The minimum atomic E-state index is 0.142. The second kappa shape index (κ2) is 8.25. The molecule has 4 rings (SSSR count). The smallest absolute Gasteiger partial charge is 0.227 e. The number of benzene rings is 2. The number of nitrogens with zero attached hydrogens (tertiary/aromatic N) is 4. The van der Waals surface area contributed by atoms with E-state index < -0.39 is 0 Å². The first-order valence-corrected chi connectivity index (χ1v) is 9.66. The number of anilines is 1. The molecule has 28 heavy (non-hydrogen) atoms. The molecule has 1 fully saturated rings. The van der Waals surface area contributed by atoms with Crippen LogP contribution in [0, 0.1) is 6.92 Å². The van der Waals surface area contributed by atoms with Gasteiger partial charge in [0, 0.05) is 50.3 Å². The Balaban J connectivity index is 1.28. The number of carbonyl (C=O) groups is 1. The molecule has 1 aliphatic heterocycles. The third kappa shape index (κ3) is 4.22. The average molecular weight is 376 g/mol. The molecule has 0 bridgehead atoms. The SMILES string of the molecule is Cc1cccc(-c2noc(CCC(=O)N3CCN(c4ccccc4)CC3)n2)c1.